The molecule has 4 nitrogen and oxygen atoms in total. The average Bonchev–Trinajstić information content (AvgIpc) is 2.17. The Morgan fingerprint density at radius 1 is 1.38 bits per heavy atom. The molecule has 1 aromatic rings. The lowest BCUT2D eigenvalue weighted by molar-refractivity contribution is -0.118. The third kappa shape index (κ3) is 1.71. The maximum Gasteiger partial charge on any atom is 0.262 e. The van der Waals surface area contributed by atoms with Gasteiger partial charge in [-0.25, -0.2) is 0 Å². The van der Waals surface area contributed by atoms with E-state index < -0.39 is 0 Å². The van der Waals surface area contributed by atoms with E-state index in [1.165, 1.54) is 0 Å². The third-order valence-electron chi connectivity index (χ3n) is 2.56. The lowest BCUT2D eigenvalue weighted by atomic mass is 9.85. The van der Waals surface area contributed by atoms with Gasteiger partial charge in [-0.05, 0) is 11.5 Å². The van der Waals surface area contributed by atoms with Crippen LogP contribution in [0.5, 0.6) is 11.5 Å². The van der Waals surface area contributed by atoms with Crippen molar-refractivity contribution in [2.45, 2.75) is 26.2 Å². The molecule has 1 amide bonds. The van der Waals surface area contributed by atoms with Gasteiger partial charge in [0, 0.05) is 5.56 Å². The molecule has 0 saturated heterocycles. The van der Waals surface area contributed by atoms with Crippen molar-refractivity contribution in [3.8, 4) is 11.5 Å². The summed E-state index contributed by atoms with van der Waals surface area (Å²) in [6, 6.07) is 3.40. The minimum atomic E-state index is -0.242. The predicted octanol–water partition coefficient (Wildman–Crippen LogP) is 2.02. The first-order valence-corrected chi connectivity index (χ1v) is 5.18. The smallest absolute Gasteiger partial charge is 0.262 e. The Balaban J connectivity index is 2.59. The molecule has 0 spiro atoms. The molecule has 1 aromatic carbocycles. The SMILES string of the molecule is CC(C)(C)c1ccc(O)c2c1OCC(=O)N2. The van der Waals surface area contributed by atoms with E-state index in [-0.39, 0.29) is 23.7 Å². The van der Waals surface area contributed by atoms with Crippen molar-refractivity contribution in [1.82, 2.24) is 0 Å². The molecule has 0 fully saturated rings. The van der Waals surface area contributed by atoms with Gasteiger partial charge >= 0.3 is 0 Å². The number of phenolic OH excluding ortho intramolecular Hbond substituents is 1. The Morgan fingerprint density at radius 3 is 2.69 bits per heavy atom. The van der Waals surface area contributed by atoms with E-state index in [1.54, 1.807) is 6.07 Å². The highest BCUT2D eigenvalue weighted by molar-refractivity contribution is 5.97. The number of nitrogens with one attached hydrogen (secondary N) is 1. The zero-order valence-electron chi connectivity index (χ0n) is 9.63. The summed E-state index contributed by atoms with van der Waals surface area (Å²) >= 11 is 0. The van der Waals surface area contributed by atoms with Crippen LogP contribution in [0.25, 0.3) is 0 Å². The molecule has 2 N–H and O–H groups in total. The van der Waals surface area contributed by atoms with Crippen LogP contribution in [-0.2, 0) is 10.2 Å². The van der Waals surface area contributed by atoms with Crippen LogP contribution < -0.4 is 10.1 Å². The summed E-state index contributed by atoms with van der Waals surface area (Å²) in [7, 11) is 0. The second-order valence-electron chi connectivity index (χ2n) is 4.92. The van der Waals surface area contributed by atoms with Crippen molar-refractivity contribution in [1.29, 1.82) is 0 Å². The first kappa shape index (κ1) is 10.8. The predicted molar refractivity (Wildman–Crippen MR) is 60.9 cm³/mol. The van der Waals surface area contributed by atoms with E-state index >= 15 is 0 Å². The number of fused-ring (bicyclic) bond motifs is 1. The van der Waals surface area contributed by atoms with Crippen LogP contribution in [0.3, 0.4) is 0 Å². The summed E-state index contributed by atoms with van der Waals surface area (Å²) in [5, 5.41) is 12.3. The van der Waals surface area contributed by atoms with Crippen LogP contribution in [-0.4, -0.2) is 17.6 Å². The Morgan fingerprint density at radius 2 is 2.06 bits per heavy atom. The highest BCUT2D eigenvalue weighted by atomic mass is 16.5. The van der Waals surface area contributed by atoms with E-state index in [9.17, 15) is 9.90 Å². The molecule has 4 heteroatoms. The summed E-state index contributed by atoms with van der Waals surface area (Å²) in [6.07, 6.45) is 0. The number of hydrogen-bond acceptors (Lipinski definition) is 3. The minimum Gasteiger partial charge on any atom is -0.506 e. The van der Waals surface area contributed by atoms with Gasteiger partial charge in [-0.1, -0.05) is 26.8 Å². The molecular weight excluding hydrogens is 206 g/mol. The van der Waals surface area contributed by atoms with Gasteiger partial charge in [0.2, 0.25) is 0 Å². The number of anilines is 1. The molecule has 0 radical (unpaired) electrons. The van der Waals surface area contributed by atoms with E-state index in [0.717, 1.165) is 5.56 Å². The highest BCUT2D eigenvalue weighted by Crippen LogP contribution is 2.43. The maximum atomic E-state index is 11.2. The molecule has 0 unspecified atom stereocenters. The fourth-order valence-electron chi connectivity index (χ4n) is 1.75. The number of carbonyl (C=O) groups is 1. The van der Waals surface area contributed by atoms with Gasteiger partial charge in [0.05, 0.1) is 0 Å². The first-order chi connectivity index (χ1) is 7.39. The van der Waals surface area contributed by atoms with E-state index in [4.69, 9.17) is 4.74 Å². The fourth-order valence-corrected chi connectivity index (χ4v) is 1.75. The van der Waals surface area contributed by atoms with Crippen molar-refractivity contribution in [2.24, 2.45) is 0 Å². The van der Waals surface area contributed by atoms with Crippen molar-refractivity contribution in [2.75, 3.05) is 11.9 Å². The summed E-state index contributed by atoms with van der Waals surface area (Å²) in [5.41, 5.74) is 1.25. The van der Waals surface area contributed by atoms with Gasteiger partial charge < -0.3 is 15.2 Å². The maximum absolute atomic E-state index is 11.2. The Bertz CT molecular complexity index is 446. The second kappa shape index (κ2) is 3.40. The third-order valence-corrected chi connectivity index (χ3v) is 2.56. The lowest BCUT2D eigenvalue weighted by Crippen LogP contribution is -2.27. The monoisotopic (exact) mass is 221 g/mol. The molecule has 86 valence electrons. The van der Waals surface area contributed by atoms with E-state index in [0.29, 0.717) is 11.4 Å². The van der Waals surface area contributed by atoms with E-state index in [2.05, 4.69) is 26.1 Å². The molecule has 2 rings (SSSR count). The normalized spacial score (nSPS) is 15.1. The van der Waals surface area contributed by atoms with Crippen LogP contribution in [0.2, 0.25) is 0 Å². The summed E-state index contributed by atoms with van der Waals surface area (Å²) in [4.78, 5) is 11.2. The number of aromatic hydroxyl groups is 1. The van der Waals surface area contributed by atoms with Crippen LogP contribution in [0.4, 0.5) is 5.69 Å². The van der Waals surface area contributed by atoms with Gasteiger partial charge in [0.1, 0.15) is 11.4 Å². The van der Waals surface area contributed by atoms with Crippen molar-refractivity contribution < 1.29 is 14.6 Å². The summed E-state index contributed by atoms with van der Waals surface area (Å²) < 4.78 is 5.40. The number of carbonyl (C=O) groups excluding carboxylic acids is 1. The lowest BCUT2D eigenvalue weighted by Gasteiger charge is -2.27. The molecule has 0 saturated carbocycles. The number of benzene rings is 1. The summed E-state index contributed by atoms with van der Waals surface area (Å²) in [6.45, 7) is 6.16. The Labute approximate surface area is 94.2 Å². The van der Waals surface area contributed by atoms with Gasteiger partial charge in [-0.15, -0.1) is 0 Å². The van der Waals surface area contributed by atoms with Crippen LogP contribution in [0.15, 0.2) is 12.1 Å². The van der Waals surface area contributed by atoms with Gasteiger partial charge in [-0.2, -0.15) is 0 Å². The molecule has 1 aliphatic heterocycles. The zero-order valence-corrected chi connectivity index (χ0v) is 9.63. The molecule has 0 bridgehead atoms. The van der Waals surface area contributed by atoms with Crippen molar-refractivity contribution in [3.05, 3.63) is 17.7 Å². The molecular formula is C12H15NO3. The van der Waals surface area contributed by atoms with Crippen LogP contribution in [0, 0.1) is 0 Å². The standard InChI is InChI=1S/C12H15NO3/c1-12(2,3)7-4-5-8(14)10-11(7)16-6-9(15)13-10/h4-5,14H,6H2,1-3H3,(H,13,15). The van der Waals surface area contributed by atoms with E-state index in [1.807, 2.05) is 6.07 Å². The molecule has 16 heavy (non-hydrogen) atoms. The molecule has 0 aliphatic carbocycles. The van der Waals surface area contributed by atoms with Crippen molar-refractivity contribution in [3.63, 3.8) is 0 Å². The Kier molecular flexibility index (Phi) is 2.30. The topological polar surface area (TPSA) is 58.6 Å². The number of hydrogen-bond donors (Lipinski definition) is 2. The van der Waals surface area contributed by atoms with Crippen LogP contribution in [0.1, 0.15) is 26.3 Å². The average molecular weight is 221 g/mol. The second-order valence-corrected chi connectivity index (χ2v) is 4.92. The Hall–Kier alpha value is -1.71. The number of ether oxygens (including phenoxy) is 1. The molecule has 1 aliphatic rings. The molecule has 0 atom stereocenters. The fraction of sp³-hybridized carbons (Fsp3) is 0.417. The number of rotatable bonds is 0. The van der Waals surface area contributed by atoms with Crippen LogP contribution >= 0.6 is 0 Å². The summed E-state index contributed by atoms with van der Waals surface area (Å²) in [5.74, 6) is 0.372. The number of amides is 1. The minimum absolute atomic E-state index is 0.000463. The van der Waals surface area contributed by atoms with Gasteiger partial charge in [0.25, 0.3) is 5.91 Å². The van der Waals surface area contributed by atoms with Gasteiger partial charge in [0.15, 0.2) is 12.4 Å². The first-order valence-electron chi connectivity index (χ1n) is 5.18. The highest BCUT2D eigenvalue weighted by Gasteiger charge is 2.27. The molecule has 0 aromatic heterocycles. The van der Waals surface area contributed by atoms with Gasteiger partial charge in [-0.3, -0.25) is 4.79 Å². The molecule has 1 heterocycles. The van der Waals surface area contributed by atoms with Crippen molar-refractivity contribution >= 4 is 11.6 Å². The quantitative estimate of drug-likeness (QED) is 0.659. The zero-order chi connectivity index (χ0) is 11.9. The largest absolute Gasteiger partial charge is 0.506 e. The number of phenols is 1.